The molecular formula is C30H41F3N6O6SSi. The molecule has 1 amide bonds. The van der Waals surface area contributed by atoms with Gasteiger partial charge in [0.15, 0.2) is 0 Å². The third-order valence-electron chi connectivity index (χ3n) is 8.51. The van der Waals surface area contributed by atoms with E-state index in [4.69, 9.17) is 4.74 Å². The van der Waals surface area contributed by atoms with Crippen LogP contribution in [0.2, 0.25) is 25.7 Å². The predicted octanol–water partition coefficient (Wildman–Crippen LogP) is 5.13. The van der Waals surface area contributed by atoms with Gasteiger partial charge in [0.1, 0.15) is 12.3 Å². The van der Waals surface area contributed by atoms with Crippen LogP contribution in [-0.4, -0.2) is 101 Å². The van der Waals surface area contributed by atoms with E-state index < -0.39 is 53.3 Å². The highest BCUT2D eigenvalue weighted by Crippen LogP contribution is 2.40. The maximum Gasteiger partial charge on any atom is 0.419 e. The van der Waals surface area contributed by atoms with Gasteiger partial charge >= 0.3 is 12.3 Å². The summed E-state index contributed by atoms with van der Waals surface area (Å²) in [6.45, 7) is 9.10. The first kappa shape index (κ1) is 35.1. The summed E-state index contributed by atoms with van der Waals surface area (Å²) in [6.07, 6.45) is -2.28. The molecule has 0 radical (unpaired) electrons. The van der Waals surface area contributed by atoms with Crippen molar-refractivity contribution in [2.75, 3.05) is 38.1 Å². The lowest BCUT2D eigenvalue weighted by atomic mass is 10.1. The number of sulfonamides is 1. The minimum atomic E-state index is -4.81. The van der Waals surface area contributed by atoms with Crippen LogP contribution >= 0.6 is 0 Å². The largest absolute Gasteiger partial charge is 0.465 e. The summed E-state index contributed by atoms with van der Waals surface area (Å²) < 4.78 is 79.0. The highest BCUT2D eigenvalue weighted by molar-refractivity contribution is 7.89. The number of alkyl halides is 3. The second-order valence-corrected chi connectivity index (χ2v) is 21.4. The molecule has 258 valence electrons. The van der Waals surface area contributed by atoms with E-state index in [2.05, 4.69) is 34.9 Å². The Balaban J connectivity index is 1.57. The van der Waals surface area contributed by atoms with Gasteiger partial charge in [0.05, 0.1) is 21.7 Å². The summed E-state index contributed by atoms with van der Waals surface area (Å²) in [7, 11) is -5.47. The number of hydrogen-bond donors (Lipinski definition) is 3. The van der Waals surface area contributed by atoms with E-state index >= 15 is 0 Å². The number of amides is 1. The van der Waals surface area contributed by atoms with Crippen LogP contribution in [-0.2, 0) is 27.7 Å². The van der Waals surface area contributed by atoms with Gasteiger partial charge in [-0.25, -0.2) is 23.2 Å². The number of benzene rings is 1. The van der Waals surface area contributed by atoms with Gasteiger partial charge in [0.25, 0.3) is 0 Å². The molecule has 2 fully saturated rings. The fraction of sp³-hybridized carbons (Fsp3) is 0.567. The fourth-order valence-corrected chi connectivity index (χ4v) is 8.18. The zero-order valence-electron chi connectivity index (χ0n) is 26.8. The van der Waals surface area contributed by atoms with Crippen molar-refractivity contribution >= 4 is 41.0 Å². The Morgan fingerprint density at radius 1 is 1.23 bits per heavy atom. The van der Waals surface area contributed by atoms with E-state index in [0.29, 0.717) is 43.1 Å². The Hall–Kier alpha value is -3.25. The van der Waals surface area contributed by atoms with Crippen molar-refractivity contribution in [3.63, 3.8) is 0 Å². The number of halogens is 3. The SMILES string of the molecule is CC1(O)CCN(S(=O)(=O)c2ccc3c(-c4nc(N[C@H]5CCCN(C(=O)O)C5)ncc4C(F)(F)F)cn(COCC[Si](C)(C)C)c3c2)C1. The van der Waals surface area contributed by atoms with E-state index in [1.807, 2.05) is 0 Å². The molecule has 12 nitrogen and oxygen atoms in total. The fourth-order valence-electron chi connectivity index (χ4n) is 5.84. The molecule has 17 heteroatoms. The molecule has 47 heavy (non-hydrogen) atoms. The van der Waals surface area contributed by atoms with E-state index in [1.54, 1.807) is 11.5 Å². The third-order valence-corrected chi connectivity index (χ3v) is 12.1. The van der Waals surface area contributed by atoms with E-state index in [9.17, 15) is 36.6 Å². The number of carboxylic acid groups (broad SMARTS) is 1. The first-order chi connectivity index (χ1) is 21.8. The summed E-state index contributed by atoms with van der Waals surface area (Å²) in [5.41, 5.74) is -2.20. The maximum absolute atomic E-state index is 14.4. The van der Waals surface area contributed by atoms with Crippen molar-refractivity contribution in [3.8, 4) is 11.3 Å². The van der Waals surface area contributed by atoms with Crippen molar-refractivity contribution in [2.45, 2.75) is 81.3 Å². The Morgan fingerprint density at radius 3 is 2.62 bits per heavy atom. The molecule has 1 aromatic carbocycles. The van der Waals surface area contributed by atoms with E-state index in [1.165, 1.54) is 33.6 Å². The van der Waals surface area contributed by atoms with Gasteiger partial charge in [-0.15, -0.1) is 0 Å². The molecule has 3 aromatic rings. The molecule has 0 aliphatic carbocycles. The van der Waals surface area contributed by atoms with Gasteiger partial charge in [-0.05, 0) is 44.4 Å². The van der Waals surface area contributed by atoms with Crippen LogP contribution < -0.4 is 5.32 Å². The zero-order chi connectivity index (χ0) is 34.4. The quantitative estimate of drug-likeness (QED) is 0.194. The van der Waals surface area contributed by atoms with E-state index in [0.717, 1.165) is 6.04 Å². The van der Waals surface area contributed by atoms with Gasteiger partial charge in [0, 0.05) is 70.2 Å². The molecule has 0 saturated carbocycles. The lowest BCUT2D eigenvalue weighted by Gasteiger charge is -2.31. The van der Waals surface area contributed by atoms with Crippen LogP contribution in [0.3, 0.4) is 0 Å². The number of β-amino-alcohol motifs (C(OH)–C–C–N with tert-alkyl or cyclic N) is 1. The molecule has 2 saturated heterocycles. The number of likely N-dealkylation sites (tertiary alicyclic amines) is 1. The molecule has 3 N–H and O–H groups in total. The Bertz CT molecular complexity index is 1740. The van der Waals surface area contributed by atoms with Crippen LogP contribution in [0.5, 0.6) is 0 Å². The Kier molecular flexibility index (Phi) is 9.69. The number of nitrogens with one attached hydrogen (secondary N) is 1. The topological polar surface area (TPSA) is 150 Å². The second kappa shape index (κ2) is 13.0. The summed E-state index contributed by atoms with van der Waals surface area (Å²) in [4.78, 5) is 20.9. The third kappa shape index (κ3) is 8.08. The van der Waals surface area contributed by atoms with Crippen LogP contribution in [0.25, 0.3) is 22.2 Å². The standard InChI is InChI=1S/C30H41F3N6O6SSi/c1-29(42)9-11-39(18-29)46(43,44)21-7-8-22-23(17-38(25(22)14-21)19-45-12-13-47(2,3)4)26-24(30(31,32)33)15-34-27(36-26)35-20-6-5-10-37(16-20)28(40)41/h7-8,14-15,17,20,42H,5-6,9-13,16,18-19H2,1-4H3,(H,40,41)(H,34,35,36)/t20-,29?/m0/s1. The van der Waals surface area contributed by atoms with Crippen LogP contribution in [0, 0.1) is 0 Å². The van der Waals surface area contributed by atoms with Gasteiger partial charge in [-0.2, -0.15) is 17.5 Å². The summed E-state index contributed by atoms with van der Waals surface area (Å²) in [6, 6.07) is 4.68. The van der Waals surface area contributed by atoms with Crippen LogP contribution in [0.15, 0.2) is 35.5 Å². The Labute approximate surface area is 272 Å². The van der Waals surface area contributed by atoms with Crippen molar-refractivity contribution in [1.82, 2.24) is 23.7 Å². The summed E-state index contributed by atoms with van der Waals surface area (Å²) in [5.74, 6) is -0.0854. The molecule has 5 rings (SSSR count). The molecule has 1 unspecified atom stereocenters. The van der Waals surface area contributed by atoms with E-state index in [-0.39, 0.29) is 49.2 Å². The van der Waals surface area contributed by atoms with Gasteiger partial charge in [0.2, 0.25) is 16.0 Å². The highest BCUT2D eigenvalue weighted by atomic mass is 32.2. The average molecular weight is 699 g/mol. The van der Waals surface area contributed by atoms with Gasteiger partial charge in [-0.1, -0.05) is 25.7 Å². The Morgan fingerprint density at radius 2 is 1.98 bits per heavy atom. The normalized spacial score (nSPS) is 21.4. The number of piperidine rings is 1. The van der Waals surface area contributed by atoms with Crippen molar-refractivity contribution in [3.05, 3.63) is 36.2 Å². The smallest absolute Gasteiger partial charge is 0.419 e. The average Bonchev–Trinajstić information content (AvgIpc) is 3.54. The number of hydrogen-bond acceptors (Lipinski definition) is 8. The number of nitrogens with zero attached hydrogens (tertiary/aromatic N) is 5. The molecule has 2 aliphatic heterocycles. The second-order valence-electron chi connectivity index (χ2n) is 13.8. The van der Waals surface area contributed by atoms with Crippen molar-refractivity contribution in [2.24, 2.45) is 0 Å². The number of carbonyl (C=O) groups is 1. The van der Waals surface area contributed by atoms with Crippen molar-refractivity contribution < 1.29 is 41.3 Å². The minimum Gasteiger partial charge on any atom is -0.465 e. The number of rotatable bonds is 10. The number of aliphatic hydroxyl groups is 1. The highest BCUT2D eigenvalue weighted by Gasteiger charge is 2.39. The summed E-state index contributed by atoms with van der Waals surface area (Å²) >= 11 is 0. The van der Waals surface area contributed by atoms with Crippen LogP contribution in [0.4, 0.5) is 23.9 Å². The summed E-state index contributed by atoms with van der Waals surface area (Å²) in [5, 5.41) is 23.1. The zero-order valence-corrected chi connectivity index (χ0v) is 28.7. The van der Waals surface area contributed by atoms with Gasteiger partial charge < -0.3 is 29.7 Å². The molecule has 2 aliphatic rings. The van der Waals surface area contributed by atoms with Crippen LogP contribution in [0.1, 0.15) is 31.7 Å². The molecule has 4 heterocycles. The molecule has 0 bridgehead atoms. The lowest BCUT2D eigenvalue weighted by molar-refractivity contribution is -0.137. The number of anilines is 1. The predicted molar refractivity (Wildman–Crippen MR) is 172 cm³/mol. The number of fused-ring (bicyclic) bond motifs is 1. The maximum atomic E-state index is 14.4. The number of ether oxygens (including phenoxy) is 1. The molecule has 2 aromatic heterocycles. The first-order valence-electron chi connectivity index (χ1n) is 15.5. The molecule has 2 atom stereocenters. The molecular weight excluding hydrogens is 658 g/mol. The van der Waals surface area contributed by atoms with Crippen molar-refractivity contribution in [1.29, 1.82) is 0 Å². The number of aromatic nitrogens is 3. The first-order valence-corrected chi connectivity index (χ1v) is 20.6. The lowest BCUT2D eigenvalue weighted by Crippen LogP contribution is -2.44. The molecule has 0 spiro atoms. The minimum absolute atomic E-state index is 0.0342. The van der Waals surface area contributed by atoms with Gasteiger partial charge in [-0.3, -0.25) is 0 Å². The monoisotopic (exact) mass is 698 g/mol.